The van der Waals surface area contributed by atoms with E-state index in [1.165, 1.54) is 0 Å². The van der Waals surface area contributed by atoms with E-state index in [0.717, 1.165) is 5.65 Å². The first-order valence-corrected chi connectivity index (χ1v) is 3.82. The molecule has 5 heteroatoms. The minimum atomic E-state index is -0.199. The average Bonchev–Trinajstić information content (AvgIpc) is 2.63. The number of imidazole rings is 1. The summed E-state index contributed by atoms with van der Waals surface area (Å²) in [5, 5.41) is 2.50. The molecular weight excluding hydrogens is 168 g/mol. The fourth-order valence-electron chi connectivity index (χ4n) is 1.07. The lowest BCUT2D eigenvalue weighted by Crippen LogP contribution is -2.19. The maximum atomic E-state index is 11.2. The number of carbonyl (C=O) groups is 1. The molecule has 0 saturated heterocycles. The Hall–Kier alpha value is -1.91. The minimum Gasteiger partial charge on any atom is -0.354 e. The fraction of sp³-hybridized carbons (Fsp3) is 0.125. The summed E-state index contributed by atoms with van der Waals surface area (Å²) in [7, 11) is 1.57. The van der Waals surface area contributed by atoms with Crippen LogP contribution in [0.3, 0.4) is 0 Å². The third kappa shape index (κ3) is 1.24. The highest BCUT2D eigenvalue weighted by Gasteiger charge is 2.05. The monoisotopic (exact) mass is 176 g/mol. The molecule has 0 aliphatic rings. The lowest BCUT2D eigenvalue weighted by Gasteiger charge is -1.98. The van der Waals surface area contributed by atoms with Gasteiger partial charge in [0, 0.05) is 25.6 Å². The van der Waals surface area contributed by atoms with Crippen molar-refractivity contribution in [3.05, 3.63) is 30.5 Å². The van der Waals surface area contributed by atoms with Gasteiger partial charge in [-0.15, -0.1) is 0 Å². The first-order valence-electron chi connectivity index (χ1n) is 3.82. The second-order valence-corrected chi connectivity index (χ2v) is 2.54. The topological polar surface area (TPSA) is 59.3 Å². The Morgan fingerprint density at radius 3 is 3.15 bits per heavy atom. The van der Waals surface area contributed by atoms with E-state index in [0.29, 0.717) is 5.69 Å². The Morgan fingerprint density at radius 2 is 2.38 bits per heavy atom. The van der Waals surface area contributed by atoms with Gasteiger partial charge in [0.05, 0.1) is 6.20 Å². The van der Waals surface area contributed by atoms with Gasteiger partial charge in [0.15, 0.2) is 5.65 Å². The molecule has 0 unspecified atom stereocenters. The van der Waals surface area contributed by atoms with Crippen LogP contribution in [0.1, 0.15) is 10.5 Å². The Kier molecular flexibility index (Phi) is 1.70. The minimum absolute atomic E-state index is 0.199. The number of hydrogen-bond donors (Lipinski definition) is 1. The molecule has 0 radical (unpaired) electrons. The molecule has 2 aromatic heterocycles. The zero-order chi connectivity index (χ0) is 9.26. The SMILES string of the molecule is CNC(=O)c1cn2ccnc2cn1. The smallest absolute Gasteiger partial charge is 0.271 e. The number of aromatic nitrogens is 3. The van der Waals surface area contributed by atoms with Crippen LogP contribution in [0.15, 0.2) is 24.8 Å². The van der Waals surface area contributed by atoms with Gasteiger partial charge in [0.25, 0.3) is 5.91 Å². The number of rotatable bonds is 1. The summed E-state index contributed by atoms with van der Waals surface area (Å²) in [5.41, 5.74) is 1.11. The van der Waals surface area contributed by atoms with Crippen LogP contribution >= 0.6 is 0 Å². The van der Waals surface area contributed by atoms with Crippen molar-refractivity contribution in [3.8, 4) is 0 Å². The Labute approximate surface area is 74.4 Å². The molecule has 0 aliphatic heterocycles. The summed E-state index contributed by atoms with van der Waals surface area (Å²) >= 11 is 0. The third-order valence-corrected chi connectivity index (χ3v) is 1.74. The molecule has 66 valence electrons. The van der Waals surface area contributed by atoms with Gasteiger partial charge in [-0.25, -0.2) is 9.97 Å². The highest BCUT2D eigenvalue weighted by atomic mass is 16.1. The van der Waals surface area contributed by atoms with Crippen molar-refractivity contribution >= 4 is 11.6 Å². The standard InChI is InChI=1S/C8H8N4O/c1-9-8(13)6-5-12-3-2-10-7(12)4-11-6/h2-5H,1H3,(H,9,13). The third-order valence-electron chi connectivity index (χ3n) is 1.74. The van der Waals surface area contributed by atoms with Crippen LogP contribution in [0.5, 0.6) is 0 Å². The quantitative estimate of drug-likeness (QED) is 0.669. The molecule has 0 fully saturated rings. The Balaban J connectivity index is 2.54. The molecule has 2 aromatic rings. The second kappa shape index (κ2) is 2.85. The zero-order valence-corrected chi connectivity index (χ0v) is 7.06. The van der Waals surface area contributed by atoms with Gasteiger partial charge in [0.1, 0.15) is 5.69 Å². The van der Waals surface area contributed by atoms with E-state index in [1.54, 1.807) is 36.2 Å². The first kappa shape index (κ1) is 7.72. The van der Waals surface area contributed by atoms with Crippen LogP contribution in [0.2, 0.25) is 0 Å². The van der Waals surface area contributed by atoms with Crippen LogP contribution in [0.25, 0.3) is 5.65 Å². The number of nitrogens with one attached hydrogen (secondary N) is 1. The molecule has 1 amide bonds. The summed E-state index contributed by atoms with van der Waals surface area (Å²) < 4.78 is 1.75. The van der Waals surface area contributed by atoms with Gasteiger partial charge in [-0.2, -0.15) is 0 Å². The molecule has 13 heavy (non-hydrogen) atoms. The molecule has 5 nitrogen and oxygen atoms in total. The predicted molar refractivity (Wildman–Crippen MR) is 46.4 cm³/mol. The van der Waals surface area contributed by atoms with Gasteiger partial charge in [-0.1, -0.05) is 0 Å². The van der Waals surface area contributed by atoms with Crippen molar-refractivity contribution in [1.29, 1.82) is 0 Å². The molecule has 1 N–H and O–H groups in total. The highest BCUT2D eigenvalue weighted by Crippen LogP contribution is 2.00. The van der Waals surface area contributed by atoms with Crippen LogP contribution in [0.4, 0.5) is 0 Å². The van der Waals surface area contributed by atoms with Crippen molar-refractivity contribution < 1.29 is 4.79 Å². The maximum Gasteiger partial charge on any atom is 0.271 e. The summed E-state index contributed by atoms with van der Waals surface area (Å²) in [4.78, 5) is 19.1. The van der Waals surface area contributed by atoms with Crippen LogP contribution in [0, 0.1) is 0 Å². The summed E-state index contributed by atoms with van der Waals surface area (Å²) in [6, 6.07) is 0. The van der Waals surface area contributed by atoms with E-state index < -0.39 is 0 Å². The molecule has 0 spiro atoms. The maximum absolute atomic E-state index is 11.2. The van der Waals surface area contributed by atoms with E-state index >= 15 is 0 Å². The highest BCUT2D eigenvalue weighted by molar-refractivity contribution is 5.91. The van der Waals surface area contributed by atoms with E-state index in [4.69, 9.17) is 0 Å². The predicted octanol–water partition coefficient (Wildman–Crippen LogP) is 0.0889. The first-order chi connectivity index (χ1) is 6.31. The largest absolute Gasteiger partial charge is 0.354 e. The summed E-state index contributed by atoms with van der Waals surface area (Å²) in [5.74, 6) is -0.199. The van der Waals surface area contributed by atoms with Crippen LogP contribution < -0.4 is 5.32 Å². The van der Waals surface area contributed by atoms with E-state index in [2.05, 4.69) is 15.3 Å². The lowest BCUT2D eigenvalue weighted by molar-refractivity contribution is 0.0957. The van der Waals surface area contributed by atoms with Gasteiger partial charge < -0.3 is 9.72 Å². The second-order valence-electron chi connectivity index (χ2n) is 2.54. The fourth-order valence-corrected chi connectivity index (χ4v) is 1.07. The summed E-state index contributed by atoms with van der Waals surface area (Å²) in [6.07, 6.45) is 6.62. The number of fused-ring (bicyclic) bond motifs is 1. The molecule has 0 bridgehead atoms. The molecule has 0 saturated carbocycles. The van der Waals surface area contributed by atoms with Crippen molar-refractivity contribution in [1.82, 2.24) is 19.7 Å². The molecule has 0 atom stereocenters. The summed E-state index contributed by atoms with van der Waals surface area (Å²) in [6.45, 7) is 0. The zero-order valence-electron chi connectivity index (χ0n) is 7.06. The van der Waals surface area contributed by atoms with Gasteiger partial charge in [-0.3, -0.25) is 4.79 Å². The van der Waals surface area contributed by atoms with Crippen LogP contribution in [-0.2, 0) is 0 Å². The van der Waals surface area contributed by atoms with Crippen molar-refractivity contribution in [2.75, 3.05) is 7.05 Å². The molecular formula is C8H8N4O. The molecule has 0 aromatic carbocycles. The Morgan fingerprint density at radius 1 is 1.54 bits per heavy atom. The number of nitrogens with zero attached hydrogens (tertiary/aromatic N) is 3. The number of hydrogen-bond acceptors (Lipinski definition) is 3. The van der Waals surface area contributed by atoms with Gasteiger partial charge >= 0.3 is 0 Å². The van der Waals surface area contributed by atoms with Crippen molar-refractivity contribution in [2.45, 2.75) is 0 Å². The van der Waals surface area contributed by atoms with Crippen molar-refractivity contribution in [2.24, 2.45) is 0 Å². The van der Waals surface area contributed by atoms with E-state index in [-0.39, 0.29) is 5.91 Å². The lowest BCUT2D eigenvalue weighted by atomic mass is 10.4. The Bertz CT molecular complexity index is 448. The van der Waals surface area contributed by atoms with Gasteiger partial charge in [0.2, 0.25) is 0 Å². The van der Waals surface area contributed by atoms with Crippen molar-refractivity contribution in [3.63, 3.8) is 0 Å². The molecule has 0 aliphatic carbocycles. The molecule has 2 rings (SSSR count). The average molecular weight is 176 g/mol. The van der Waals surface area contributed by atoms with E-state index in [1.807, 2.05) is 0 Å². The normalized spacial score (nSPS) is 10.2. The number of carbonyl (C=O) groups excluding carboxylic acids is 1. The van der Waals surface area contributed by atoms with Gasteiger partial charge in [-0.05, 0) is 0 Å². The number of amides is 1. The molecule has 2 heterocycles. The van der Waals surface area contributed by atoms with Crippen LogP contribution in [-0.4, -0.2) is 27.3 Å². The van der Waals surface area contributed by atoms with E-state index in [9.17, 15) is 4.79 Å².